The maximum atomic E-state index is 12.9. The lowest BCUT2D eigenvalue weighted by Gasteiger charge is -2.32. The van der Waals surface area contributed by atoms with Crippen LogP contribution in [0.1, 0.15) is 32.8 Å². The van der Waals surface area contributed by atoms with Crippen molar-refractivity contribution in [3.05, 3.63) is 35.9 Å². The van der Waals surface area contributed by atoms with Gasteiger partial charge >= 0.3 is 6.09 Å². The highest BCUT2D eigenvalue weighted by Crippen LogP contribution is 2.16. The van der Waals surface area contributed by atoms with Crippen LogP contribution in [0.4, 0.5) is 4.79 Å². The van der Waals surface area contributed by atoms with Gasteiger partial charge in [-0.15, -0.1) is 0 Å². The van der Waals surface area contributed by atoms with Gasteiger partial charge in [0.25, 0.3) is 5.91 Å². The Morgan fingerprint density at radius 2 is 1.92 bits per heavy atom. The molecule has 1 atom stereocenters. The van der Waals surface area contributed by atoms with Crippen LogP contribution < -0.4 is 5.43 Å². The smallest absolute Gasteiger partial charge is 0.410 e. The summed E-state index contributed by atoms with van der Waals surface area (Å²) in [4.78, 5) is 38.0. The molecule has 0 spiro atoms. The lowest BCUT2D eigenvalue weighted by molar-refractivity contribution is -0.140. The van der Waals surface area contributed by atoms with E-state index in [0.717, 1.165) is 5.56 Å². The van der Waals surface area contributed by atoms with E-state index >= 15 is 0 Å². The highest BCUT2D eigenvalue weighted by molar-refractivity contribution is 5.90. The summed E-state index contributed by atoms with van der Waals surface area (Å²) in [6.07, 6.45) is 0.0224. The quantitative estimate of drug-likeness (QED) is 0.900. The molecule has 136 valence electrons. The number of benzene rings is 1. The van der Waals surface area contributed by atoms with E-state index < -0.39 is 17.7 Å². The Morgan fingerprint density at radius 3 is 2.44 bits per heavy atom. The van der Waals surface area contributed by atoms with Gasteiger partial charge in [-0.2, -0.15) is 0 Å². The molecule has 1 unspecified atom stereocenters. The molecule has 25 heavy (non-hydrogen) atoms. The molecule has 1 aromatic rings. The summed E-state index contributed by atoms with van der Waals surface area (Å²) >= 11 is 0. The maximum Gasteiger partial charge on any atom is 0.410 e. The highest BCUT2D eigenvalue weighted by Gasteiger charge is 2.35. The molecule has 0 bridgehead atoms. The summed E-state index contributed by atoms with van der Waals surface area (Å²) in [6.45, 7) is 5.61. The van der Waals surface area contributed by atoms with Crippen molar-refractivity contribution in [1.29, 1.82) is 0 Å². The topological polar surface area (TPSA) is 79.0 Å². The van der Waals surface area contributed by atoms with Gasteiger partial charge in [-0.1, -0.05) is 30.3 Å². The Morgan fingerprint density at radius 1 is 1.28 bits per heavy atom. The average Bonchev–Trinajstić information content (AvgIpc) is 2.97. The van der Waals surface area contributed by atoms with E-state index in [1.807, 2.05) is 30.3 Å². The minimum Gasteiger partial charge on any atom is -0.444 e. The predicted octanol–water partition coefficient (Wildman–Crippen LogP) is 1.73. The van der Waals surface area contributed by atoms with Gasteiger partial charge in [-0.25, -0.2) is 4.79 Å². The molecular formula is C18H25N3O4. The molecular weight excluding hydrogens is 322 g/mol. The number of rotatable bonds is 4. The second-order valence-corrected chi connectivity index (χ2v) is 7.07. The SMILES string of the molecule is CN(C(=O)OC(C)(C)C)C(Cc1ccccc1)C(=O)N1CCC(=O)N1. The van der Waals surface area contributed by atoms with Crippen LogP contribution in [0.15, 0.2) is 30.3 Å². The van der Waals surface area contributed by atoms with Crippen molar-refractivity contribution in [2.24, 2.45) is 0 Å². The molecule has 1 aromatic carbocycles. The number of amides is 3. The third-order valence-corrected chi connectivity index (χ3v) is 3.79. The molecule has 0 aromatic heterocycles. The van der Waals surface area contributed by atoms with Crippen molar-refractivity contribution in [3.8, 4) is 0 Å². The van der Waals surface area contributed by atoms with Crippen molar-refractivity contribution in [2.45, 2.75) is 45.3 Å². The van der Waals surface area contributed by atoms with Crippen LogP contribution in [0, 0.1) is 0 Å². The van der Waals surface area contributed by atoms with Crippen LogP contribution in [-0.4, -0.2) is 53.1 Å². The maximum absolute atomic E-state index is 12.9. The molecule has 0 radical (unpaired) electrons. The van der Waals surface area contributed by atoms with E-state index in [9.17, 15) is 14.4 Å². The molecule has 1 aliphatic heterocycles. The van der Waals surface area contributed by atoms with Gasteiger partial charge in [0, 0.05) is 19.9 Å². The molecule has 3 amide bonds. The summed E-state index contributed by atoms with van der Waals surface area (Å²) in [6, 6.07) is 8.66. The zero-order valence-corrected chi connectivity index (χ0v) is 15.1. The first kappa shape index (κ1) is 18.8. The van der Waals surface area contributed by atoms with E-state index in [1.165, 1.54) is 17.0 Å². The largest absolute Gasteiger partial charge is 0.444 e. The molecule has 1 saturated heterocycles. The monoisotopic (exact) mass is 347 g/mol. The van der Waals surface area contributed by atoms with Crippen LogP contribution in [-0.2, 0) is 20.7 Å². The summed E-state index contributed by atoms with van der Waals surface area (Å²) in [5.41, 5.74) is 2.79. The van der Waals surface area contributed by atoms with Crippen LogP contribution in [0.25, 0.3) is 0 Å². The van der Waals surface area contributed by atoms with Gasteiger partial charge in [-0.3, -0.25) is 24.9 Å². The molecule has 2 rings (SSSR count). The second kappa shape index (κ2) is 7.55. The minimum absolute atomic E-state index is 0.202. The highest BCUT2D eigenvalue weighted by atomic mass is 16.6. The Bertz CT molecular complexity index is 639. The third kappa shape index (κ3) is 5.20. The second-order valence-electron chi connectivity index (χ2n) is 7.07. The molecule has 7 heteroatoms. The molecule has 0 aliphatic carbocycles. The molecule has 0 saturated carbocycles. The van der Waals surface area contributed by atoms with Crippen LogP contribution >= 0.6 is 0 Å². The molecule has 1 aliphatic rings. The van der Waals surface area contributed by atoms with E-state index in [0.29, 0.717) is 13.0 Å². The lowest BCUT2D eigenvalue weighted by Crippen LogP contribution is -2.53. The summed E-state index contributed by atoms with van der Waals surface area (Å²) in [7, 11) is 1.54. The van der Waals surface area contributed by atoms with Crippen LogP contribution in [0.3, 0.4) is 0 Å². The van der Waals surface area contributed by atoms with Crippen molar-refractivity contribution in [2.75, 3.05) is 13.6 Å². The van der Waals surface area contributed by atoms with Gasteiger partial charge in [0.2, 0.25) is 5.91 Å². The first-order valence-electron chi connectivity index (χ1n) is 8.28. The van der Waals surface area contributed by atoms with Gasteiger partial charge in [0.15, 0.2) is 0 Å². The fourth-order valence-corrected chi connectivity index (χ4v) is 2.51. The number of likely N-dealkylation sites (N-methyl/N-ethyl adjacent to an activating group) is 1. The lowest BCUT2D eigenvalue weighted by atomic mass is 10.0. The zero-order chi connectivity index (χ0) is 18.6. The molecule has 1 fully saturated rings. The normalized spacial score (nSPS) is 15.5. The van der Waals surface area contributed by atoms with Crippen molar-refractivity contribution in [1.82, 2.24) is 15.3 Å². The number of hydrazine groups is 1. The minimum atomic E-state index is -0.768. The Kier molecular flexibility index (Phi) is 5.66. The number of hydrogen-bond donors (Lipinski definition) is 1. The number of ether oxygens (including phenoxy) is 1. The number of nitrogens with one attached hydrogen (secondary N) is 1. The molecule has 1 N–H and O–H groups in total. The molecule has 1 heterocycles. The Hall–Kier alpha value is -2.57. The van der Waals surface area contributed by atoms with E-state index in [1.54, 1.807) is 20.8 Å². The molecule has 7 nitrogen and oxygen atoms in total. The summed E-state index contributed by atoms with van der Waals surface area (Å²) in [5.74, 6) is -0.533. The number of carbonyl (C=O) groups is 3. The standard InChI is InChI=1S/C18H25N3O4/c1-18(2,3)25-17(24)20(4)14(12-13-8-6-5-7-9-13)16(23)21-11-10-15(22)19-21/h5-9,14H,10-12H2,1-4H3,(H,19,22). The fraction of sp³-hybridized carbons (Fsp3) is 0.500. The third-order valence-electron chi connectivity index (χ3n) is 3.79. The van der Waals surface area contributed by atoms with Crippen molar-refractivity contribution < 1.29 is 19.1 Å². The fourth-order valence-electron chi connectivity index (χ4n) is 2.51. The van der Waals surface area contributed by atoms with Crippen LogP contribution in [0.2, 0.25) is 0 Å². The van der Waals surface area contributed by atoms with Gasteiger partial charge in [0.05, 0.1) is 6.54 Å². The van der Waals surface area contributed by atoms with Gasteiger partial charge < -0.3 is 4.74 Å². The van der Waals surface area contributed by atoms with Crippen molar-refractivity contribution in [3.63, 3.8) is 0 Å². The zero-order valence-electron chi connectivity index (χ0n) is 15.1. The Labute approximate surface area is 147 Å². The van der Waals surface area contributed by atoms with E-state index in [2.05, 4.69) is 5.43 Å². The summed E-state index contributed by atoms with van der Waals surface area (Å²) < 4.78 is 5.38. The number of carbonyl (C=O) groups excluding carboxylic acids is 3. The van der Waals surface area contributed by atoms with E-state index in [-0.39, 0.29) is 18.2 Å². The van der Waals surface area contributed by atoms with Crippen molar-refractivity contribution >= 4 is 17.9 Å². The van der Waals surface area contributed by atoms with Crippen LogP contribution in [0.5, 0.6) is 0 Å². The number of nitrogens with zero attached hydrogens (tertiary/aromatic N) is 2. The Balaban J connectivity index is 2.20. The average molecular weight is 347 g/mol. The predicted molar refractivity (Wildman–Crippen MR) is 92.4 cm³/mol. The summed E-state index contributed by atoms with van der Waals surface area (Å²) in [5, 5.41) is 1.27. The van der Waals surface area contributed by atoms with Gasteiger partial charge in [0.1, 0.15) is 11.6 Å². The first-order chi connectivity index (χ1) is 11.7. The first-order valence-corrected chi connectivity index (χ1v) is 8.28. The van der Waals surface area contributed by atoms with E-state index in [4.69, 9.17) is 4.74 Å². The number of hydrogen-bond acceptors (Lipinski definition) is 4. The van der Waals surface area contributed by atoms with Gasteiger partial charge in [-0.05, 0) is 26.3 Å².